The molecule has 2 aromatic rings. The van der Waals surface area contributed by atoms with Gasteiger partial charge in [-0.2, -0.15) is 0 Å². The Kier molecular flexibility index (Phi) is 10.2. The van der Waals surface area contributed by atoms with E-state index in [0.717, 1.165) is 69.2 Å². The van der Waals surface area contributed by atoms with E-state index in [1.807, 2.05) is 36.4 Å². The molecule has 2 aliphatic heterocycles. The Morgan fingerprint density at radius 2 is 1.78 bits per heavy atom. The largest absolute Gasteiger partial charge is 0.350 e. The third kappa shape index (κ3) is 7.68. The lowest BCUT2D eigenvalue weighted by atomic mass is 10.0. The predicted molar refractivity (Wildman–Crippen MR) is 152 cm³/mol. The molecule has 2 atom stereocenters. The van der Waals surface area contributed by atoms with Gasteiger partial charge in [0.25, 0.3) is 5.91 Å². The summed E-state index contributed by atoms with van der Waals surface area (Å²) in [7, 11) is 0. The molecule has 4 rings (SSSR count). The van der Waals surface area contributed by atoms with E-state index in [0.29, 0.717) is 23.0 Å². The smallest absolute Gasteiger partial charge is 0.251 e. The van der Waals surface area contributed by atoms with E-state index in [4.69, 9.17) is 11.6 Å². The molecular weight excluding hydrogens is 484 g/mol. The number of benzene rings is 2. The predicted octanol–water partition coefficient (Wildman–Crippen LogP) is 5.09. The lowest BCUT2D eigenvalue weighted by molar-refractivity contribution is -0.133. The van der Waals surface area contributed by atoms with Crippen molar-refractivity contribution in [1.29, 1.82) is 0 Å². The molecule has 2 heterocycles. The van der Waals surface area contributed by atoms with Crippen LogP contribution in [0.1, 0.15) is 69.2 Å². The van der Waals surface area contributed by atoms with Crippen LogP contribution in [0, 0.1) is 5.92 Å². The van der Waals surface area contributed by atoms with Crippen LogP contribution in [0.15, 0.2) is 36.4 Å². The minimum absolute atomic E-state index is 0.0604. The van der Waals surface area contributed by atoms with Gasteiger partial charge in [-0.25, -0.2) is 0 Å². The molecule has 0 spiro atoms. The summed E-state index contributed by atoms with van der Waals surface area (Å²) < 4.78 is 0. The molecule has 2 aromatic carbocycles. The third-order valence-electron chi connectivity index (χ3n) is 8.18. The Bertz CT molecular complexity index is 1050. The van der Waals surface area contributed by atoms with Crippen molar-refractivity contribution in [3.8, 4) is 0 Å². The van der Waals surface area contributed by atoms with E-state index in [1.165, 1.54) is 19.3 Å². The maximum absolute atomic E-state index is 13.6. The topological polar surface area (TPSA) is 64.7 Å². The van der Waals surface area contributed by atoms with Crippen LogP contribution in [0.25, 0.3) is 10.8 Å². The third-order valence-corrected chi connectivity index (χ3v) is 8.42. The van der Waals surface area contributed by atoms with Crippen molar-refractivity contribution in [3.63, 3.8) is 0 Å². The number of carbonyl (C=O) groups is 2. The second kappa shape index (κ2) is 13.6. The van der Waals surface area contributed by atoms with Crippen LogP contribution in [0.3, 0.4) is 0 Å². The van der Waals surface area contributed by atoms with Crippen LogP contribution in [-0.2, 0) is 4.79 Å². The van der Waals surface area contributed by atoms with Crippen LogP contribution in [0.2, 0.25) is 5.02 Å². The fraction of sp³-hybridized carbons (Fsp3) is 0.600. The molecule has 202 valence electrons. The highest BCUT2D eigenvalue weighted by atomic mass is 35.5. The Balaban J connectivity index is 1.40. The lowest BCUT2D eigenvalue weighted by Crippen LogP contribution is -2.50. The van der Waals surface area contributed by atoms with Crippen molar-refractivity contribution in [2.45, 2.75) is 70.9 Å². The molecule has 6 nitrogen and oxygen atoms in total. The molecule has 2 amide bonds. The molecule has 0 bridgehead atoms. The van der Waals surface area contributed by atoms with Gasteiger partial charge >= 0.3 is 0 Å². The van der Waals surface area contributed by atoms with Crippen LogP contribution < -0.4 is 10.6 Å². The summed E-state index contributed by atoms with van der Waals surface area (Å²) in [6, 6.07) is 11.2. The zero-order valence-corrected chi connectivity index (χ0v) is 23.2. The number of amides is 2. The van der Waals surface area contributed by atoms with Gasteiger partial charge in [0.2, 0.25) is 5.91 Å². The van der Waals surface area contributed by atoms with Gasteiger partial charge in [0, 0.05) is 42.8 Å². The highest BCUT2D eigenvalue weighted by Gasteiger charge is 2.32. The zero-order valence-electron chi connectivity index (χ0n) is 22.5. The molecule has 2 aliphatic rings. The summed E-state index contributed by atoms with van der Waals surface area (Å²) in [5.41, 5.74) is 0.636. The first-order chi connectivity index (χ1) is 18.0. The molecule has 37 heavy (non-hydrogen) atoms. The molecule has 2 unspecified atom stereocenters. The molecule has 0 saturated carbocycles. The van der Waals surface area contributed by atoms with Crippen LogP contribution in [0.4, 0.5) is 0 Å². The van der Waals surface area contributed by atoms with E-state index in [2.05, 4.69) is 34.3 Å². The summed E-state index contributed by atoms with van der Waals surface area (Å²) in [6.45, 7) is 9.70. The van der Waals surface area contributed by atoms with E-state index < -0.39 is 0 Å². The fourth-order valence-corrected chi connectivity index (χ4v) is 5.84. The van der Waals surface area contributed by atoms with Gasteiger partial charge < -0.3 is 20.4 Å². The normalized spacial score (nSPS) is 21.4. The number of carbonyl (C=O) groups excluding carboxylic acids is 2. The number of hydrogen-bond acceptors (Lipinski definition) is 4. The number of likely N-dealkylation sites (tertiary alicyclic amines) is 1. The van der Waals surface area contributed by atoms with Crippen LogP contribution in [0.5, 0.6) is 0 Å². The number of halogens is 1. The standard InChI is InChI=1S/C30H43ClN4O2/c1-3-22(4-2)21-35-17-12-27(33-28(30(35)37)13-16-34-14-6-5-7-15-34)20-32-29(36)25-9-8-24-19-26(31)11-10-23(24)18-25/h8-11,18-19,22,27-28,33H,3-7,12-17,20-21H2,1-2H3,(H,32,36). The van der Waals surface area contributed by atoms with E-state index in [9.17, 15) is 9.59 Å². The minimum atomic E-state index is -0.203. The number of hydrogen-bond donors (Lipinski definition) is 2. The molecule has 7 heteroatoms. The lowest BCUT2D eigenvalue weighted by Gasteiger charge is -2.30. The molecule has 0 aliphatic carbocycles. The number of nitrogens with one attached hydrogen (secondary N) is 2. The maximum atomic E-state index is 13.6. The van der Waals surface area contributed by atoms with Gasteiger partial charge in [-0.15, -0.1) is 0 Å². The van der Waals surface area contributed by atoms with Gasteiger partial charge in [0.15, 0.2) is 0 Å². The average Bonchev–Trinajstić information content (AvgIpc) is 3.07. The molecular formula is C30H43ClN4O2. The van der Waals surface area contributed by atoms with Crippen molar-refractivity contribution < 1.29 is 9.59 Å². The summed E-state index contributed by atoms with van der Waals surface area (Å²) in [4.78, 5) is 31.2. The Labute approximate surface area is 227 Å². The summed E-state index contributed by atoms with van der Waals surface area (Å²) in [5.74, 6) is 0.671. The first kappa shape index (κ1) is 27.9. The molecule has 2 N–H and O–H groups in total. The van der Waals surface area contributed by atoms with Crippen LogP contribution >= 0.6 is 11.6 Å². The number of rotatable bonds is 10. The Morgan fingerprint density at radius 1 is 1.05 bits per heavy atom. The highest BCUT2D eigenvalue weighted by molar-refractivity contribution is 6.31. The van der Waals surface area contributed by atoms with Crippen molar-refractivity contribution in [3.05, 3.63) is 47.0 Å². The summed E-state index contributed by atoms with van der Waals surface area (Å²) in [5, 5.41) is 9.46. The SMILES string of the molecule is CCC(CC)CN1CCC(CNC(=O)c2ccc3cc(Cl)ccc3c2)NC(CCN2CCCCC2)C1=O. The minimum Gasteiger partial charge on any atom is -0.350 e. The van der Waals surface area contributed by atoms with Gasteiger partial charge in [-0.3, -0.25) is 9.59 Å². The van der Waals surface area contributed by atoms with E-state index >= 15 is 0 Å². The first-order valence-corrected chi connectivity index (χ1v) is 14.6. The van der Waals surface area contributed by atoms with Crippen molar-refractivity contribution in [2.24, 2.45) is 5.92 Å². The maximum Gasteiger partial charge on any atom is 0.251 e. The van der Waals surface area contributed by atoms with Crippen molar-refractivity contribution >= 4 is 34.2 Å². The summed E-state index contributed by atoms with van der Waals surface area (Å²) in [6.07, 6.45) is 7.64. The van der Waals surface area contributed by atoms with Crippen molar-refractivity contribution in [1.82, 2.24) is 20.4 Å². The summed E-state index contributed by atoms with van der Waals surface area (Å²) >= 11 is 6.10. The first-order valence-electron chi connectivity index (χ1n) is 14.2. The second-order valence-corrected chi connectivity index (χ2v) is 11.2. The highest BCUT2D eigenvalue weighted by Crippen LogP contribution is 2.21. The Morgan fingerprint density at radius 3 is 2.54 bits per heavy atom. The quantitative estimate of drug-likeness (QED) is 0.452. The zero-order chi connectivity index (χ0) is 26.2. The Hall–Kier alpha value is -2.15. The van der Waals surface area contributed by atoms with E-state index in [-0.39, 0.29) is 23.9 Å². The average molecular weight is 527 g/mol. The molecule has 0 radical (unpaired) electrons. The van der Waals surface area contributed by atoms with Gasteiger partial charge in [0.1, 0.15) is 0 Å². The molecule has 2 saturated heterocycles. The van der Waals surface area contributed by atoms with Crippen LogP contribution in [-0.4, -0.2) is 73.0 Å². The number of piperidine rings is 1. The van der Waals surface area contributed by atoms with Gasteiger partial charge in [-0.05, 0) is 79.7 Å². The monoisotopic (exact) mass is 526 g/mol. The molecule has 2 fully saturated rings. The number of nitrogens with zero attached hydrogens (tertiary/aromatic N) is 2. The van der Waals surface area contributed by atoms with Gasteiger partial charge in [-0.1, -0.05) is 56.8 Å². The molecule has 0 aromatic heterocycles. The fourth-order valence-electron chi connectivity index (χ4n) is 5.66. The number of fused-ring (bicyclic) bond motifs is 1. The van der Waals surface area contributed by atoms with Gasteiger partial charge in [0.05, 0.1) is 6.04 Å². The van der Waals surface area contributed by atoms with Crippen molar-refractivity contribution in [2.75, 3.05) is 39.3 Å². The second-order valence-electron chi connectivity index (χ2n) is 10.8. The van der Waals surface area contributed by atoms with E-state index in [1.54, 1.807) is 0 Å².